The minimum atomic E-state index is -3.68. The molecule has 0 saturated heterocycles. The van der Waals surface area contributed by atoms with Crippen molar-refractivity contribution in [1.82, 2.24) is 0 Å². The number of allylic oxidation sites excluding steroid dienone is 4. The third kappa shape index (κ3) is 18.5. The summed E-state index contributed by atoms with van der Waals surface area (Å²) in [5, 5.41) is 18.3. The summed E-state index contributed by atoms with van der Waals surface area (Å²) in [7, 11) is -6.78. The van der Waals surface area contributed by atoms with E-state index in [1.807, 2.05) is 44.8 Å². The molecule has 2 aromatic rings. The lowest BCUT2D eigenvalue weighted by Crippen LogP contribution is -2.26. The summed E-state index contributed by atoms with van der Waals surface area (Å²) in [4.78, 5) is 27.3. The van der Waals surface area contributed by atoms with Crippen LogP contribution in [-0.4, -0.2) is 97.7 Å². The lowest BCUT2D eigenvalue weighted by Gasteiger charge is -2.30. The van der Waals surface area contributed by atoms with E-state index in [2.05, 4.69) is 74.0 Å². The Balaban J connectivity index is 0.000000727. The van der Waals surface area contributed by atoms with E-state index in [0.717, 1.165) is 56.6 Å². The zero-order valence-corrected chi connectivity index (χ0v) is 54.0. The highest BCUT2D eigenvalue weighted by Crippen LogP contribution is 2.62. The predicted octanol–water partition coefficient (Wildman–Crippen LogP) is 14.9. The number of methoxy groups -OCH3 is 2. The maximum absolute atomic E-state index is 13.5. The Bertz CT molecular complexity index is 2520. The summed E-state index contributed by atoms with van der Waals surface area (Å²) in [5.74, 6) is 1.53. The number of nitriles is 2. The van der Waals surface area contributed by atoms with E-state index < -0.39 is 48.1 Å². The highest BCUT2D eigenvalue weighted by molar-refractivity contribution is 14.1. The van der Waals surface area contributed by atoms with Gasteiger partial charge < -0.3 is 46.5 Å². The number of hydrogen-bond acceptors (Lipinski definition) is 16. The van der Waals surface area contributed by atoms with Gasteiger partial charge in [0, 0.05) is 38.4 Å². The molecule has 4 rings (SSSR count). The third-order valence-corrected chi connectivity index (χ3v) is 20.9. The number of cyclic esters (lactones) is 2. The van der Waals surface area contributed by atoms with Crippen LogP contribution in [0.25, 0.3) is 0 Å². The maximum atomic E-state index is 13.5. The molecular formula is C55H89IN2O14P2Si2. The Kier molecular flexibility index (Phi) is 29.6. The molecule has 76 heavy (non-hydrogen) atoms. The molecule has 0 amide bonds. The van der Waals surface area contributed by atoms with Crippen LogP contribution in [0, 0.1) is 36.5 Å². The molecule has 16 nitrogen and oxygen atoms in total. The first-order chi connectivity index (χ1) is 35.2. The SMILES string of the molecule is C.CCOP(=O)(OCC)C(C#N)C/C(C)=C/Cc1c(OC)c(C)c2c(c1OCC[Si](C)(C)C)C(=O)OC2.CCOP(=O)(OCC)C(C)(C#N)C/C(C)=C/Cc1c(OC)c(C)c2c(c1OCC[Si](C)(C)C)C(=O)OC2.CI. The summed E-state index contributed by atoms with van der Waals surface area (Å²) in [6, 6.07) is 6.16. The summed E-state index contributed by atoms with van der Waals surface area (Å²) in [6.07, 6.45) is 5.13. The Labute approximate surface area is 471 Å². The Morgan fingerprint density at radius 2 is 1.08 bits per heavy atom. The summed E-state index contributed by atoms with van der Waals surface area (Å²) in [6.45, 7) is 31.8. The number of ether oxygens (including phenoxy) is 6. The van der Waals surface area contributed by atoms with Crippen molar-refractivity contribution in [2.45, 2.75) is 171 Å². The van der Waals surface area contributed by atoms with E-state index in [0.29, 0.717) is 60.2 Å². The van der Waals surface area contributed by atoms with Crippen LogP contribution in [0.1, 0.15) is 123 Å². The van der Waals surface area contributed by atoms with Crippen molar-refractivity contribution < 1.29 is 65.2 Å². The molecule has 0 fully saturated rings. The first-order valence-corrected chi connectivity index (χ1v) is 38.2. The number of halogens is 1. The number of esters is 2. The topological polar surface area (TPSA) is 208 Å². The molecule has 2 unspecified atom stereocenters. The number of carbonyl (C=O) groups excluding carboxylic acids is 2. The maximum Gasteiger partial charge on any atom is 0.350 e. The van der Waals surface area contributed by atoms with Crippen molar-refractivity contribution in [2.24, 2.45) is 0 Å². The monoisotopic (exact) mass is 1250 g/mol. The first-order valence-electron chi connectivity index (χ1n) is 25.5. The second-order valence-electron chi connectivity index (χ2n) is 20.7. The molecule has 2 atom stereocenters. The van der Waals surface area contributed by atoms with E-state index in [1.54, 1.807) is 48.8 Å². The molecule has 2 aromatic carbocycles. The number of hydrogen-bond donors (Lipinski definition) is 0. The van der Waals surface area contributed by atoms with Crippen LogP contribution in [0.3, 0.4) is 0 Å². The van der Waals surface area contributed by atoms with E-state index in [4.69, 9.17) is 46.5 Å². The molecule has 0 radical (unpaired) electrons. The molecule has 0 saturated carbocycles. The quantitative estimate of drug-likeness (QED) is 0.0194. The molecule has 428 valence electrons. The number of carbonyl (C=O) groups is 2. The van der Waals surface area contributed by atoms with Crippen molar-refractivity contribution in [3.8, 4) is 35.1 Å². The Morgan fingerprint density at radius 3 is 1.41 bits per heavy atom. The number of fused-ring (bicyclic) bond motifs is 2. The molecule has 0 N–H and O–H groups in total. The predicted molar refractivity (Wildman–Crippen MR) is 317 cm³/mol. The van der Waals surface area contributed by atoms with Gasteiger partial charge in [0.15, 0.2) is 10.8 Å². The molecule has 2 heterocycles. The summed E-state index contributed by atoms with van der Waals surface area (Å²) >= 11 is 2.15. The summed E-state index contributed by atoms with van der Waals surface area (Å²) in [5.41, 5.74) is 6.49. The highest BCUT2D eigenvalue weighted by atomic mass is 127. The molecule has 2 aliphatic heterocycles. The summed E-state index contributed by atoms with van der Waals surface area (Å²) < 4.78 is 83.2. The fraction of sp³-hybridized carbons (Fsp3) is 0.636. The average molecular weight is 1250 g/mol. The van der Waals surface area contributed by atoms with Crippen molar-refractivity contribution in [3.05, 3.63) is 67.8 Å². The van der Waals surface area contributed by atoms with Gasteiger partial charge in [-0.2, -0.15) is 10.5 Å². The van der Waals surface area contributed by atoms with Crippen LogP contribution in [0.4, 0.5) is 0 Å². The number of benzene rings is 2. The average Bonchev–Trinajstić information content (AvgIpc) is 3.93. The van der Waals surface area contributed by atoms with Crippen molar-refractivity contribution in [1.29, 1.82) is 10.5 Å². The molecule has 0 aromatic heterocycles. The minimum absolute atomic E-state index is 0. The minimum Gasteiger partial charge on any atom is -0.496 e. The van der Waals surface area contributed by atoms with E-state index in [-0.39, 0.29) is 65.9 Å². The van der Waals surface area contributed by atoms with Gasteiger partial charge in [0.25, 0.3) is 0 Å². The van der Waals surface area contributed by atoms with Crippen LogP contribution >= 0.6 is 37.8 Å². The number of rotatable bonds is 28. The Hall–Kier alpha value is -3.50. The van der Waals surface area contributed by atoms with Crippen LogP contribution in [0.15, 0.2) is 23.3 Å². The van der Waals surface area contributed by atoms with E-state index in [1.165, 1.54) is 0 Å². The fourth-order valence-electron chi connectivity index (χ4n) is 8.48. The van der Waals surface area contributed by atoms with Crippen LogP contribution in [0.5, 0.6) is 23.0 Å². The van der Waals surface area contributed by atoms with Gasteiger partial charge in [-0.1, -0.05) is 92.6 Å². The Morgan fingerprint density at radius 1 is 0.697 bits per heavy atom. The standard InChI is InChI=1S/C27H42NO7PSi.C26H40NO7PSi.CH3I.CH4/c1-10-34-36(30,35-11-2)27(5,18-28)16-19(3)12-13-21-24(31-6)20(4)22-17-33-26(29)23(22)25(21)32-14-15-37(7,8)9;1-9-33-35(29,34-10-2)20(16-27)15-18(3)11-12-21-24(30-5)19(4)22-17-32-26(28)23(22)25(21)31-13-14-36(6,7)8;1-2;/h12H,10-11,13-17H2,1-9H3;11,20H,9-10,12-15,17H2,1-8H3;1H3;1H4/b19-12+;18-11+;;. The molecular weight excluding hydrogens is 1160 g/mol. The van der Waals surface area contributed by atoms with Gasteiger partial charge in [0.2, 0.25) is 0 Å². The van der Waals surface area contributed by atoms with Gasteiger partial charge in [-0.25, -0.2) is 9.59 Å². The fourth-order valence-corrected chi connectivity index (χ4v) is 13.6. The van der Waals surface area contributed by atoms with Crippen LogP contribution < -0.4 is 18.9 Å². The molecule has 0 aliphatic carbocycles. The number of nitrogens with zero attached hydrogens (tertiary/aromatic N) is 2. The molecule has 0 spiro atoms. The van der Waals surface area contributed by atoms with Crippen molar-refractivity contribution in [3.63, 3.8) is 0 Å². The van der Waals surface area contributed by atoms with Crippen molar-refractivity contribution in [2.75, 3.05) is 58.8 Å². The second-order valence-corrected chi connectivity index (χ2v) is 36.7. The van der Waals surface area contributed by atoms with Gasteiger partial charge in [-0.3, -0.25) is 9.13 Å². The first kappa shape index (κ1) is 70.5. The zero-order valence-electron chi connectivity index (χ0n) is 48.0. The molecule has 0 bridgehead atoms. The third-order valence-electron chi connectivity index (χ3n) is 12.5. The van der Waals surface area contributed by atoms with Gasteiger partial charge >= 0.3 is 27.1 Å². The molecule has 2 aliphatic rings. The number of alkyl halides is 1. The van der Waals surface area contributed by atoms with Gasteiger partial charge in [0.05, 0.1) is 66.0 Å². The van der Waals surface area contributed by atoms with Gasteiger partial charge in [-0.05, 0) is 116 Å². The van der Waals surface area contributed by atoms with Crippen LogP contribution in [0.2, 0.25) is 51.4 Å². The molecule has 21 heteroatoms. The zero-order chi connectivity index (χ0) is 57.1. The van der Waals surface area contributed by atoms with Crippen molar-refractivity contribution >= 4 is 65.9 Å². The normalized spacial score (nSPS) is 14.6. The van der Waals surface area contributed by atoms with Gasteiger partial charge in [-0.15, -0.1) is 0 Å². The lowest BCUT2D eigenvalue weighted by atomic mass is 9.94. The van der Waals surface area contributed by atoms with E-state index in [9.17, 15) is 29.2 Å². The van der Waals surface area contributed by atoms with Gasteiger partial charge in [0.1, 0.15) is 47.3 Å². The lowest BCUT2D eigenvalue weighted by molar-refractivity contribution is 0.0522. The highest BCUT2D eigenvalue weighted by Gasteiger charge is 2.48. The van der Waals surface area contributed by atoms with E-state index >= 15 is 0 Å². The largest absolute Gasteiger partial charge is 0.496 e. The smallest absolute Gasteiger partial charge is 0.350 e. The van der Waals surface area contributed by atoms with Crippen LogP contribution in [-0.2, 0) is 62.8 Å². The second kappa shape index (κ2) is 31.9.